The van der Waals surface area contributed by atoms with Crippen molar-refractivity contribution in [3.63, 3.8) is 0 Å². The van der Waals surface area contributed by atoms with Crippen molar-refractivity contribution in [1.29, 1.82) is 0 Å². The summed E-state index contributed by atoms with van der Waals surface area (Å²) in [6.45, 7) is 6.24. The number of aromatic nitrogens is 3. The summed E-state index contributed by atoms with van der Waals surface area (Å²) >= 11 is 0. The normalized spacial score (nSPS) is 11.8. The molecule has 0 radical (unpaired) electrons. The summed E-state index contributed by atoms with van der Waals surface area (Å²) < 4.78 is 3.70. The van der Waals surface area contributed by atoms with Gasteiger partial charge in [0.05, 0.1) is 28.5 Å². The zero-order valence-corrected chi connectivity index (χ0v) is 16.1. The van der Waals surface area contributed by atoms with Crippen LogP contribution >= 0.6 is 0 Å². The minimum atomic E-state index is -0.174. The molecule has 0 fully saturated rings. The fourth-order valence-corrected chi connectivity index (χ4v) is 3.35. The number of fused-ring (bicyclic) bond motifs is 2. The Kier molecular flexibility index (Phi) is 4.26. The van der Waals surface area contributed by atoms with E-state index < -0.39 is 0 Å². The molecule has 4 rings (SSSR count). The van der Waals surface area contributed by atoms with Gasteiger partial charge in [0, 0.05) is 17.0 Å². The van der Waals surface area contributed by atoms with Gasteiger partial charge in [-0.25, -0.2) is 0 Å². The van der Waals surface area contributed by atoms with Crippen molar-refractivity contribution < 1.29 is 4.79 Å². The lowest BCUT2D eigenvalue weighted by molar-refractivity contribution is -0.116. The van der Waals surface area contributed by atoms with Crippen LogP contribution in [0, 0.1) is 0 Å². The largest absolute Gasteiger partial charge is 0.331 e. The highest BCUT2D eigenvalue weighted by atomic mass is 16.2. The minimum absolute atomic E-state index is 0.0192. The maximum Gasteiger partial charge on any atom is 0.244 e. The van der Waals surface area contributed by atoms with Crippen LogP contribution in [0.5, 0.6) is 0 Å². The molecule has 0 spiro atoms. The number of benzene rings is 2. The highest BCUT2D eigenvalue weighted by Crippen LogP contribution is 2.20. The van der Waals surface area contributed by atoms with Gasteiger partial charge >= 0.3 is 0 Å². The fourth-order valence-electron chi connectivity index (χ4n) is 3.35. The number of carbonyl (C=O) groups is 1. The average molecular weight is 374 g/mol. The molecule has 28 heavy (non-hydrogen) atoms. The number of hydrogen-bond donors (Lipinski definition) is 1. The summed E-state index contributed by atoms with van der Waals surface area (Å²) in [6.07, 6.45) is 3.46. The Labute approximate surface area is 162 Å². The highest BCUT2D eigenvalue weighted by Gasteiger charge is 2.16. The van der Waals surface area contributed by atoms with Crippen molar-refractivity contribution in [3.8, 4) is 0 Å². The van der Waals surface area contributed by atoms with Crippen LogP contribution in [0.1, 0.15) is 20.8 Å². The van der Waals surface area contributed by atoms with Crippen LogP contribution in [-0.2, 0) is 16.9 Å². The summed E-state index contributed by atoms with van der Waals surface area (Å²) in [4.78, 5) is 25.6. The van der Waals surface area contributed by atoms with Gasteiger partial charge in [0.2, 0.25) is 5.91 Å². The van der Waals surface area contributed by atoms with Crippen LogP contribution in [0.4, 0.5) is 5.69 Å². The lowest BCUT2D eigenvalue weighted by atomic mass is 10.1. The van der Waals surface area contributed by atoms with Crippen LogP contribution in [0.2, 0.25) is 0 Å². The lowest BCUT2D eigenvalue weighted by Gasteiger charge is -2.18. The second-order valence-electron chi connectivity index (χ2n) is 7.84. The van der Waals surface area contributed by atoms with E-state index in [-0.39, 0.29) is 23.4 Å². The number of carbonyl (C=O) groups excluding carboxylic acids is 1. The third kappa shape index (κ3) is 3.17. The van der Waals surface area contributed by atoms with E-state index in [1.165, 1.54) is 0 Å². The molecule has 6 heteroatoms. The molecule has 2 aromatic carbocycles. The van der Waals surface area contributed by atoms with Crippen molar-refractivity contribution in [2.24, 2.45) is 0 Å². The molecule has 0 aliphatic heterocycles. The molecule has 6 nitrogen and oxygen atoms in total. The van der Waals surface area contributed by atoms with Gasteiger partial charge in [0.1, 0.15) is 6.54 Å². The molecule has 0 saturated heterocycles. The lowest BCUT2D eigenvalue weighted by Crippen LogP contribution is -2.22. The van der Waals surface area contributed by atoms with Crippen LogP contribution in [0.15, 0.2) is 65.7 Å². The van der Waals surface area contributed by atoms with E-state index in [4.69, 9.17) is 0 Å². The molecule has 0 unspecified atom stereocenters. The SMILES string of the molecule is CC(C)(C)n1cc(NC(=O)Cn2c3ccccc3c(=O)c3ccccc32)cn1. The average Bonchev–Trinajstić information content (AvgIpc) is 3.14. The van der Waals surface area contributed by atoms with E-state index in [1.54, 1.807) is 18.3 Å². The number of pyridine rings is 1. The minimum Gasteiger partial charge on any atom is -0.331 e. The Balaban J connectivity index is 1.73. The predicted octanol–water partition coefficient (Wildman–Crippen LogP) is 3.74. The summed E-state index contributed by atoms with van der Waals surface area (Å²) in [5.41, 5.74) is 1.95. The Morgan fingerprint density at radius 1 is 1.00 bits per heavy atom. The van der Waals surface area contributed by atoms with Gasteiger partial charge < -0.3 is 9.88 Å². The number of para-hydroxylation sites is 2. The number of rotatable bonds is 3. The van der Waals surface area contributed by atoms with Gasteiger partial charge in [0.15, 0.2) is 5.43 Å². The first-order valence-corrected chi connectivity index (χ1v) is 9.20. The number of amides is 1. The van der Waals surface area contributed by atoms with E-state index in [2.05, 4.69) is 10.4 Å². The number of nitrogens with one attached hydrogen (secondary N) is 1. The Morgan fingerprint density at radius 2 is 1.57 bits per heavy atom. The van der Waals surface area contributed by atoms with E-state index in [0.29, 0.717) is 16.5 Å². The van der Waals surface area contributed by atoms with E-state index >= 15 is 0 Å². The van der Waals surface area contributed by atoms with Crippen molar-refractivity contribution in [3.05, 3.63) is 71.1 Å². The van der Waals surface area contributed by atoms with E-state index in [9.17, 15) is 9.59 Å². The highest BCUT2D eigenvalue weighted by molar-refractivity contribution is 5.97. The first-order chi connectivity index (χ1) is 13.3. The molecular weight excluding hydrogens is 352 g/mol. The van der Waals surface area contributed by atoms with Crippen LogP contribution in [-0.4, -0.2) is 20.3 Å². The number of anilines is 1. The number of nitrogens with zero attached hydrogens (tertiary/aromatic N) is 3. The zero-order valence-electron chi connectivity index (χ0n) is 16.1. The maximum atomic E-state index is 12.8. The molecule has 0 atom stereocenters. The molecule has 2 heterocycles. The molecule has 1 N–H and O–H groups in total. The summed E-state index contributed by atoms with van der Waals surface area (Å²) in [6, 6.07) is 14.8. The Hall–Kier alpha value is -3.41. The van der Waals surface area contributed by atoms with Crippen LogP contribution < -0.4 is 10.7 Å². The number of hydrogen-bond acceptors (Lipinski definition) is 3. The van der Waals surface area contributed by atoms with Crippen molar-refractivity contribution in [1.82, 2.24) is 14.3 Å². The smallest absolute Gasteiger partial charge is 0.244 e. The zero-order chi connectivity index (χ0) is 19.9. The first kappa shape index (κ1) is 18.0. The quantitative estimate of drug-likeness (QED) is 0.555. The molecule has 4 aromatic rings. The van der Waals surface area contributed by atoms with Crippen LogP contribution in [0.3, 0.4) is 0 Å². The molecular formula is C22H22N4O2. The van der Waals surface area contributed by atoms with Crippen molar-refractivity contribution in [2.45, 2.75) is 32.9 Å². The monoisotopic (exact) mass is 374 g/mol. The van der Waals surface area contributed by atoms with Crippen molar-refractivity contribution in [2.75, 3.05) is 5.32 Å². The van der Waals surface area contributed by atoms with Gasteiger partial charge in [-0.15, -0.1) is 0 Å². The molecule has 0 aliphatic rings. The molecule has 2 aromatic heterocycles. The third-order valence-corrected chi connectivity index (χ3v) is 4.73. The summed E-state index contributed by atoms with van der Waals surface area (Å²) in [5.74, 6) is -0.174. The molecule has 142 valence electrons. The molecule has 0 aliphatic carbocycles. The molecule has 0 saturated carbocycles. The van der Waals surface area contributed by atoms with Gasteiger partial charge in [-0.1, -0.05) is 24.3 Å². The summed E-state index contributed by atoms with van der Waals surface area (Å²) in [5, 5.41) is 8.43. The maximum absolute atomic E-state index is 12.8. The molecule has 0 bridgehead atoms. The third-order valence-electron chi connectivity index (χ3n) is 4.73. The van der Waals surface area contributed by atoms with Gasteiger partial charge in [-0.3, -0.25) is 14.3 Å². The van der Waals surface area contributed by atoms with Gasteiger partial charge in [-0.05, 0) is 45.0 Å². The molecule has 1 amide bonds. The van der Waals surface area contributed by atoms with Crippen molar-refractivity contribution >= 4 is 33.4 Å². The first-order valence-electron chi connectivity index (χ1n) is 9.20. The Bertz CT molecular complexity index is 1180. The topological polar surface area (TPSA) is 68.9 Å². The predicted molar refractivity (Wildman–Crippen MR) is 112 cm³/mol. The van der Waals surface area contributed by atoms with Gasteiger partial charge in [0.25, 0.3) is 0 Å². The standard InChI is InChI=1S/C22H22N4O2/c1-22(2,3)26-13-15(12-23-26)24-20(27)14-25-18-10-6-4-8-16(18)21(28)17-9-5-7-11-19(17)25/h4-13H,14H2,1-3H3,(H,24,27). The second kappa shape index (κ2) is 6.64. The van der Waals surface area contributed by atoms with Gasteiger partial charge in [-0.2, -0.15) is 5.10 Å². The summed E-state index contributed by atoms with van der Waals surface area (Å²) in [7, 11) is 0. The fraction of sp³-hybridized carbons (Fsp3) is 0.227. The van der Waals surface area contributed by atoms with E-state index in [0.717, 1.165) is 11.0 Å². The second-order valence-corrected chi connectivity index (χ2v) is 7.84. The Morgan fingerprint density at radius 3 is 2.11 bits per heavy atom. The van der Waals surface area contributed by atoms with Crippen LogP contribution in [0.25, 0.3) is 21.8 Å². The van der Waals surface area contributed by atoms with E-state index in [1.807, 2.05) is 72.6 Å².